The minimum absolute atomic E-state index is 0. The maximum absolute atomic E-state index is 10.1. The summed E-state index contributed by atoms with van der Waals surface area (Å²) in [5.74, 6) is 0.401. The molecule has 0 heterocycles. The van der Waals surface area contributed by atoms with Crippen LogP contribution in [0, 0.1) is 5.92 Å². The Kier molecular flexibility index (Phi) is 13.8. The molecule has 0 aromatic carbocycles. The first-order valence-electron chi connectivity index (χ1n) is 4.48. The summed E-state index contributed by atoms with van der Waals surface area (Å²) in [6.45, 7) is 4.54. The Morgan fingerprint density at radius 2 is 1.92 bits per heavy atom. The summed E-state index contributed by atoms with van der Waals surface area (Å²) >= 11 is 0. The Morgan fingerprint density at radius 1 is 1.31 bits per heavy atom. The van der Waals surface area contributed by atoms with Gasteiger partial charge in [-0.2, -0.15) is 0 Å². The van der Waals surface area contributed by atoms with Crippen molar-refractivity contribution in [1.82, 2.24) is 0 Å². The molecule has 0 spiro atoms. The Labute approximate surface area is 105 Å². The second kappa shape index (κ2) is 11.0. The molecule has 0 radical (unpaired) electrons. The van der Waals surface area contributed by atoms with Crippen molar-refractivity contribution < 1.29 is 12.6 Å². The fraction of sp³-hybridized carbons (Fsp3) is 1.00. The molecule has 0 aromatic rings. The van der Waals surface area contributed by atoms with Crippen molar-refractivity contribution in [1.29, 1.82) is 0 Å². The Morgan fingerprint density at radius 3 is 2.31 bits per heavy atom. The molecule has 0 fully saturated rings. The molecule has 3 nitrogen and oxygen atoms in total. The molecule has 0 aliphatic rings. The van der Waals surface area contributed by atoms with E-state index in [1.54, 1.807) is 0 Å². The molecule has 0 saturated heterocycles. The van der Waals surface area contributed by atoms with Crippen LogP contribution in [0.3, 0.4) is 0 Å². The molecule has 76 valence electrons. The van der Waals surface area contributed by atoms with Crippen LogP contribution >= 0.6 is 0 Å². The van der Waals surface area contributed by atoms with E-state index < -0.39 is 11.0 Å². The summed E-state index contributed by atoms with van der Waals surface area (Å²) in [5.41, 5.74) is 0. The molecule has 0 aliphatic carbocycles. The van der Waals surface area contributed by atoms with Crippen LogP contribution in [0.5, 0.6) is 0 Å². The molecule has 0 amide bonds. The first kappa shape index (κ1) is 16.3. The molecule has 1 unspecified atom stereocenters. The summed E-state index contributed by atoms with van der Waals surface area (Å²) < 4.78 is 24.8. The summed E-state index contributed by atoms with van der Waals surface area (Å²) in [6.07, 6.45) is 4.36. The van der Waals surface area contributed by atoms with Crippen molar-refractivity contribution in [3.8, 4) is 0 Å². The zero-order valence-electron chi connectivity index (χ0n) is 7.78. The van der Waals surface area contributed by atoms with Gasteiger partial charge < -0.3 is 0 Å². The van der Waals surface area contributed by atoms with Crippen LogP contribution in [0.15, 0.2) is 0 Å². The van der Waals surface area contributed by atoms with Crippen molar-refractivity contribution in [3.05, 3.63) is 0 Å². The Bertz CT molecular complexity index is 163. The number of rotatable bonds is 7. The molecule has 13 heavy (non-hydrogen) atoms. The topological polar surface area (TPSA) is 43.4 Å². The predicted octanol–water partition coefficient (Wildman–Crippen LogP) is 1.10. The molecule has 0 rings (SSSR count). The summed E-state index contributed by atoms with van der Waals surface area (Å²) in [6, 6.07) is 0. The van der Waals surface area contributed by atoms with Gasteiger partial charge in [-0.05, 0) is 12.3 Å². The molecular formula is C8H19NaO3S. The van der Waals surface area contributed by atoms with Gasteiger partial charge in [-0.1, -0.05) is 33.1 Å². The third kappa shape index (κ3) is 10.8. The van der Waals surface area contributed by atoms with Crippen LogP contribution < -0.4 is 0 Å². The molecule has 0 bridgehead atoms. The van der Waals surface area contributed by atoms with Gasteiger partial charge in [-0.15, -0.1) is 0 Å². The third-order valence-corrected chi connectivity index (χ3v) is 2.32. The van der Waals surface area contributed by atoms with Crippen molar-refractivity contribution in [2.75, 3.05) is 6.61 Å². The number of hydrogen-bond acceptors (Lipinski definition) is 3. The SMILES string of the molecule is CCCCC(CC)CO[SH](=O)=O.[NaH]. The number of unbranched alkanes of at least 4 members (excludes halogenated alkanes) is 1. The normalized spacial score (nSPS) is 12.5. The van der Waals surface area contributed by atoms with Crippen LogP contribution in [0.1, 0.15) is 39.5 Å². The van der Waals surface area contributed by atoms with E-state index in [2.05, 4.69) is 18.0 Å². The van der Waals surface area contributed by atoms with E-state index in [1.807, 2.05) is 0 Å². The summed E-state index contributed by atoms with van der Waals surface area (Å²) in [7, 11) is -2.65. The monoisotopic (exact) mass is 218 g/mol. The number of thiol groups is 1. The molecule has 0 aliphatic heterocycles. The van der Waals surface area contributed by atoms with E-state index in [0.29, 0.717) is 12.5 Å². The van der Waals surface area contributed by atoms with E-state index in [4.69, 9.17) is 0 Å². The maximum atomic E-state index is 10.1. The average molecular weight is 218 g/mol. The van der Waals surface area contributed by atoms with Crippen molar-refractivity contribution in [3.63, 3.8) is 0 Å². The van der Waals surface area contributed by atoms with Crippen LogP contribution in [0.2, 0.25) is 0 Å². The zero-order chi connectivity index (χ0) is 9.40. The van der Waals surface area contributed by atoms with Crippen molar-refractivity contribution in [2.45, 2.75) is 39.5 Å². The first-order valence-corrected chi connectivity index (χ1v) is 5.57. The Hall–Kier alpha value is 0.910. The summed E-state index contributed by atoms with van der Waals surface area (Å²) in [5, 5.41) is 0. The van der Waals surface area contributed by atoms with Gasteiger partial charge in [0.25, 0.3) is 11.0 Å². The third-order valence-electron chi connectivity index (χ3n) is 1.96. The van der Waals surface area contributed by atoms with Crippen molar-refractivity contribution >= 4 is 40.5 Å². The van der Waals surface area contributed by atoms with Crippen LogP contribution in [-0.4, -0.2) is 44.6 Å². The fourth-order valence-electron chi connectivity index (χ4n) is 1.06. The molecule has 0 N–H and O–H groups in total. The summed E-state index contributed by atoms with van der Waals surface area (Å²) in [4.78, 5) is 0. The van der Waals surface area contributed by atoms with Crippen LogP contribution in [0.25, 0.3) is 0 Å². The van der Waals surface area contributed by atoms with E-state index in [-0.39, 0.29) is 29.6 Å². The van der Waals surface area contributed by atoms with Gasteiger partial charge in [0.05, 0.1) is 6.61 Å². The van der Waals surface area contributed by atoms with Gasteiger partial charge in [0, 0.05) is 0 Å². The van der Waals surface area contributed by atoms with E-state index in [0.717, 1.165) is 25.7 Å². The second-order valence-corrected chi connectivity index (χ2v) is 3.64. The molecule has 1 atom stereocenters. The van der Waals surface area contributed by atoms with E-state index in [9.17, 15) is 8.42 Å². The van der Waals surface area contributed by atoms with Gasteiger partial charge in [-0.3, -0.25) is 4.18 Å². The average Bonchev–Trinajstić information content (AvgIpc) is 2.05. The molecular weight excluding hydrogens is 199 g/mol. The fourth-order valence-corrected chi connectivity index (χ4v) is 1.40. The van der Waals surface area contributed by atoms with Crippen LogP contribution in [-0.2, 0) is 15.2 Å². The van der Waals surface area contributed by atoms with Crippen molar-refractivity contribution in [2.24, 2.45) is 5.92 Å². The zero-order valence-corrected chi connectivity index (χ0v) is 8.68. The van der Waals surface area contributed by atoms with E-state index >= 15 is 0 Å². The minimum atomic E-state index is -2.65. The standard InChI is InChI=1S/C8H18O3S.Na.H/c1-3-5-6-8(4-2)7-11-12(9)10;;/h8,12H,3-7H2,1-2H3;;. The number of hydrogen-bond donors (Lipinski definition) is 1. The van der Waals surface area contributed by atoms with Gasteiger partial charge in [-0.25, -0.2) is 8.42 Å². The molecule has 0 saturated carbocycles. The quantitative estimate of drug-likeness (QED) is 0.514. The van der Waals surface area contributed by atoms with Gasteiger partial charge in [0.2, 0.25) is 0 Å². The Balaban J connectivity index is 0. The first-order chi connectivity index (χ1) is 5.70. The predicted molar refractivity (Wildman–Crippen MR) is 56.7 cm³/mol. The van der Waals surface area contributed by atoms with Gasteiger partial charge in [0.15, 0.2) is 0 Å². The van der Waals surface area contributed by atoms with E-state index in [1.165, 1.54) is 0 Å². The second-order valence-electron chi connectivity index (χ2n) is 2.94. The van der Waals surface area contributed by atoms with Crippen LogP contribution in [0.4, 0.5) is 0 Å². The molecule has 0 aromatic heterocycles. The van der Waals surface area contributed by atoms with Gasteiger partial charge in [0.1, 0.15) is 0 Å². The molecule has 5 heteroatoms. The van der Waals surface area contributed by atoms with Gasteiger partial charge >= 0.3 is 29.6 Å².